The zero-order valence-corrected chi connectivity index (χ0v) is 12.5. The van der Waals surface area contributed by atoms with Gasteiger partial charge in [0.25, 0.3) is 0 Å². The van der Waals surface area contributed by atoms with Crippen LogP contribution in [0.1, 0.15) is 0 Å². The average molecular weight is 381 g/mol. The lowest BCUT2D eigenvalue weighted by molar-refractivity contribution is 0.312. The molecule has 1 aliphatic rings. The largest absolute Gasteiger partial charge is 0.368 e. The summed E-state index contributed by atoms with van der Waals surface area (Å²) in [7, 11) is 2.18. The lowest BCUT2D eigenvalue weighted by Crippen LogP contribution is -2.44. The van der Waals surface area contributed by atoms with Gasteiger partial charge in [-0.2, -0.15) is 0 Å². The average Bonchev–Trinajstić information content (AvgIpc) is 2.23. The van der Waals surface area contributed by atoms with Crippen LogP contribution in [0.4, 0.5) is 5.69 Å². The van der Waals surface area contributed by atoms with E-state index in [0.29, 0.717) is 0 Å². The highest BCUT2D eigenvalue weighted by Crippen LogP contribution is 2.28. The maximum Gasteiger partial charge on any atom is 0.0522 e. The third-order valence-corrected chi connectivity index (χ3v) is 4.09. The van der Waals surface area contributed by atoms with E-state index in [2.05, 4.69) is 73.6 Å². The van der Waals surface area contributed by atoms with Gasteiger partial charge in [-0.15, -0.1) is 0 Å². The van der Waals surface area contributed by atoms with Crippen LogP contribution in [0, 0.1) is 3.57 Å². The highest BCUT2D eigenvalue weighted by molar-refractivity contribution is 14.1. The Morgan fingerprint density at radius 3 is 2.53 bits per heavy atom. The number of hydrogen-bond donors (Lipinski definition) is 0. The molecule has 0 atom stereocenters. The normalized spacial score (nSPS) is 18.2. The number of nitrogens with zero attached hydrogens (tertiary/aromatic N) is 2. The van der Waals surface area contributed by atoms with Crippen molar-refractivity contribution in [1.82, 2.24) is 4.90 Å². The van der Waals surface area contributed by atoms with Crippen LogP contribution in [-0.4, -0.2) is 38.1 Å². The van der Waals surface area contributed by atoms with Crippen molar-refractivity contribution in [1.29, 1.82) is 0 Å². The van der Waals surface area contributed by atoms with E-state index in [9.17, 15) is 0 Å². The van der Waals surface area contributed by atoms with Crippen LogP contribution in [0.15, 0.2) is 22.7 Å². The third-order valence-electron chi connectivity index (χ3n) is 2.75. The monoisotopic (exact) mass is 380 g/mol. The van der Waals surface area contributed by atoms with E-state index in [0.717, 1.165) is 26.2 Å². The minimum atomic E-state index is 1.12. The molecule has 0 saturated carbocycles. The second-order valence-corrected chi connectivity index (χ2v) is 5.99. The number of hydrogen-bond acceptors (Lipinski definition) is 2. The van der Waals surface area contributed by atoms with Gasteiger partial charge < -0.3 is 9.80 Å². The van der Waals surface area contributed by atoms with Crippen LogP contribution in [-0.2, 0) is 0 Å². The fraction of sp³-hybridized carbons (Fsp3) is 0.455. The molecule has 1 aliphatic heterocycles. The highest BCUT2D eigenvalue weighted by Gasteiger charge is 2.16. The van der Waals surface area contributed by atoms with Gasteiger partial charge in [0.2, 0.25) is 0 Å². The molecule has 1 saturated heterocycles. The minimum Gasteiger partial charge on any atom is -0.368 e. The molecule has 0 spiro atoms. The molecule has 0 amide bonds. The molecule has 0 aliphatic carbocycles. The fourth-order valence-electron chi connectivity index (χ4n) is 1.78. The van der Waals surface area contributed by atoms with Crippen molar-refractivity contribution in [3.63, 3.8) is 0 Å². The van der Waals surface area contributed by atoms with Crippen molar-refractivity contribution < 1.29 is 0 Å². The first-order valence-electron chi connectivity index (χ1n) is 5.05. The molecule has 4 heteroatoms. The summed E-state index contributed by atoms with van der Waals surface area (Å²) in [5.41, 5.74) is 1.33. The summed E-state index contributed by atoms with van der Waals surface area (Å²) >= 11 is 5.99. The Bertz CT molecular complexity index is 348. The summed E-state index contributed by atoms with van der Waals surface area (Å²) in [5, 5.41) is 0. The fourth-order valence-corrected chi connectivity index (χ4v) is 2.75. The molecule has 2 nitrogen and oxygen atoms in total. The summed E-state index contributed by atoms with van der Waals surface area (Å²) in [6, 6.07) is 6.51. The van der Waals surface area contributed by atoms with Crippen LogP contribution in [0.2, 0.25) is 0 Å². The predicted octanol–water partition coefficient (Wildman–Crippen LogP) is 2.81. The maximum absolute atomic E-state index is 3.62. The first-order chi connectivity index (χ1) is 7.16. The lowest BCUT2D eigenvalue weighted by Gasteiger charge is -2.34. The number of benzene rings is 1. The lowest BCUT2D eigenvalue weighted by atomic mass is 10.2. The van der Waals surface area contributed by atoms with Gasteiger partial charge >= 0.3 is 0 Å². The smallest absolute Gasteiger partial charge is 0.0522 e. The standard InChI is InChI=1S/C11H14BrIN2/c1-14-4-6-15(7-5-14)11-8-9(13)2-3-10(11)12/h2-3,8H,4-7H2,1H3. The minimum absolute atomic E-state index is 1.12. The first-order valence-corrected chi connectivity index (χ1v) is 6.92. The molecule has 0 aromatic heterocycles. The van der Waals surface area contributed by atoms with Gasteiger partial charge in [-0.25, -0.2) is 0 Å². The molecule has 15 heavy (non-hydrogen) atoms. The van der Waals surface area contributed by atoms with Crippen molar-refractivity contribution in [2.75, 3.05) is 38.1 Å². The zero-order valence-electron chi connectivity index (χ0n) is 8.71. The number of halogens is 2. The number of likely N-dealkylation sites (N-methyl/N-ethyl adjacent to an activating group) is 1. The zero-order chi connectivity index (χ0) is 10.8. The number of rotatable bonds is 1. The molecular formula is C11H14BrIN2. The number of piperazine rings is 1. The van der Waals surface area contributed by atoms with E-state index < -0.39 is 0 Å². The van der Waals surface area contributed by atoms with E-state index in [1.165, 1.54) is 13.7 Å². The van der Waals surface area contributed by atoms with Crippen molar-refractivity contribution >= 4 is 44.2 Å². The molecule has 0 unspecified atom stereocenters. The summed E-state index contributed by atoms with van der Waals surface area (Å²) in [6.45, 7) is 4.54. The Labute approximate surface area is 113 Å². The molecule has 1 aromatic carbocycles. The molecule has 1 heterocycles. The summed E-state index contributed by atoms with van der Waals surface area (Å²) in [5.74, 6) is 0. The van der Waals surface area contributed by atoms with Gasteiger partial charge in [0.05, 0.1) is 5.69 Å². The summed E-state index contributed by atoms with van der Waals surface area (Å²) in [4.78, 5) is 4.82. The van der Waals surface area contributed by atoms with Gasteiger partial charge in [-0.05, 0) is 63.8 Å². The van der Waals surface area contributed by atoms with Crippen LogP contribution in [0.3, 0.4) is 0 Å². The summed E-state index contributed by atoms with van der Waals surface area (Å²) in [6.07, 6.45) is 0. The Kier molecular flexibility index (Phi) is 3.90. The van der Waals surface area contributed by atoms with E-state index in [1.54, 1.807) is 0 Å². The van der Waals surface area contributed by atoms with Crippen molar-refractivity contribution in [2.24, 2.45) is 0 Å². The van der Waals surface area contributed by atoms with E-state index >= 15 is 0 Å². The second kappa shape index (κ2) is 5.01. The van der Waals surface area contributed by atoms with Gasteiger partial charge in [-0.3, -0.25) is 0 Å². The Balaban J connectivity index is 2.18. The topological polar surface area (TPSA) is 6.48 Å². The summed E-state index contributed by atoms with van der Waals surface area (Å²) < 4.78 is 2.50. The van der Waals surface area contributed by atoms with Crippen molar-refractivity contribution in [3.8, 4) is 0 Å². The van der Waals surface area contributed by atoms with Gasteiger partial charge in [0.15, 0.2) is 0 Å². The Morgan fingerprint density at radius 2 is 1.87 bits per heavy atom. The van der Waals surface area contributed by atoms with E-state index in [1.807, 2.05) is 0 Å². The highest BCUT2D eigenvalue weighted by atomic mass is 127. The predicted molar refractivity (Wildman–Crippen MR) is 76.6 cm³/mol. The van der Waals surface area contributed by atoms with Gasteiger partial charge in [0.1, 0.15) is 0 Å². The Morgan fingerprint density at radius 1 is 1.20 bits per heavy atom. The van der Waals surface area contributed by atoms with Gasteiger partial charge in [-0.1, -0.05) is 0 Å². The maximum atomic E-state index is 3.62. The second-order valence-electron chi connectivity index (χ2n) is 3.89. The molecule has 0 N–H and O–H groups in total. The van der Waals surface area contributed by atoms with E-state index in [4.69, 9.17) is 0 Å². The SMILES string of the molecule is CN1CCN(c2cc(I)ccc2Br)CC1. The number of anilines is 1. The van der Waals surface area contributed by atoms with Crippen LogP contribution < -0.4 is 4.90 Å². The molecule has 1 fully saturated rings. The third kappa shape index (κ3) is 2.85. The molecule has 0 radical (unpaired) electrons. The van der Waals surface area contributed by atoms with E-state index in [-0.39, 0.29) is 0 Å². The Hall–Kier alpha value is 0.190. The van der Waals surface area contributed by atoms with Crippen LogP contribution in [0.25, 0.3) is 0 Å². The van der Waals surface area contributed by atoms with Crippen molar-refractivity contribution in [3.05, 3.63) is 26.2 Å². The van der Waals surface area contributed by atoms with Gasteiger partial charge in [0, 0.05) is 34.2 Å². The molecule has 0 bridgehead atoms. The molecule has 82 valence electrons. The van der Waals surface area contributed by atoms with Crippen molar-refractivity contribution in [2.45, 2.75) is 0 Å². The molecule has 2 rings (SSSR count). The quantitative estimate of drug-likeness (QED) is 0.691. The van der Waals surface area contributed by atoms with Crippen LogP contribution >= 0.6 is 38.5 Å². The van der Waals surface area contributed by atoms with Crippen LogP contribution in [0.5, 0.6) is 0 Å². The first kappa shape index (κ1) is 11.7. The molecule has 1 aromatic rings. The molecular weight excluding hydrogens is 367 g/mol.